The summed E-state index contributed by atoms with van der Waals surface area (Å²) >= 11 is 0. The Morgan fingerprint density at radius 1 is 1.50 bits per heavy atom. The van der Waals surface area contributed by atoms with Crippen LogP contribution in [-0.4, -0.2) is 17.0 Å². The fraction of sp³-hybridized carbons (Fsp3) is 0.688. The van der Waals surface area contributed by atoms with Crippen molar-refractivity contribution < 1.29 is 9.90 Å². The first kappa shape index (κ1) is 13.5. The number of ketones is 1. The standard InChI is InChI=1S/C16H24O2/c1-5-14(18)16(4)11(2)6-7-12-10-13(17)8-9-15(12,16)3/h8-11,14,18H,5-7H2,1-4H3. The van der Waals surface area contributed by atoms with E-state index in [1.54, 1.807) is 12.2 Å². The average Bonchev–Trinajstić information content (AvgIpc) is 2.36. The van der Waals surface area contributed by atoms with E-state index < -0.39 is 0 Å². The van der Waals surface area contributed by atoms with E-state index in [1.165, 1.54) is 5.57 Å². The lowest BCUT2D eigenvalue weighted by molar-refractivity contribution is -0.112. The zero-order valence-electron chi connectivity index (χ0n) is 11.9. The van der Waals surface area contributed by atoms with E-state index in [1.807, 2.05) is 13.0 Å². The lowest BCUT2D eigenvalue weighted by Crippen LogP contribution is -2.53. The van der Waals surface area contributed by atoms with Crippen LogP contribution in [0.5, 0.6) is 0 Å². The van der Waals surface area contributed by atoms with Crippen LogP contribution in [0, 0.1) is 16.7 Å². The van der Waals surface area contributed by atoms with Crippen LogP contribution in [-0.2, 0) is 4.79 Å². The molecule has 0 bridgehead atoms. The molecule has 2 heteroatoms. The van der Waals surface area contributed by atoms with Gasteiger partial charge in [0.1, 0.15) is 0 Å². The number of allylic oxidation sites excluding steroid dienone is 4. The molecular weight excluding hydrogens is 224 g/mol. The number of aliphatic hydroxyl groups excluding tert-OH is 1. The zero-order valence-corrected chi connectivity index (χ0v) is 11.9. The summed E-state index contributed by atoms with van der Waals surface area (Å²) in [6.45, 7) is 8.61. The van der Waals surface area contributed by atoms with Gasteiger partial charge in [-0.1, -0.05) is 39.3 Å². The third-order valence-corrected chi connectivity index (χ3v) is 5.63. The highest BCUT2D eigenvalue weighted by Crippen LogP contribution is 2.59. The quantitative estimate of drug-likeness (QED) is 0.814. The number of fused-ring (bicyclic) bond motifs is 1. The third kappa shape index (κ3) is 1.62. The molecule has 2 aliphatic rings. The first-order valence-electron chi connectivity index (χ1n) is 6.98. The molecule has 0 aromatic rings. The number of carbonyl (C=O) groups excluding carboxylic acids is 1. The van der Waals surface area contributed by atoms with Gasteiger partial charge in [-0.05, 0) is 37.3 Å². The molecule has 2 nitrogen and oxygen atoms in total. The minimum absolute atomic E-state index is 0.0883. The van der Waals surface area contributed by atoms with Crippen LogP contribution in [0.15, 0.2) is 23.8 Å². The highest BCUT2D eigenvalue weighted by atomic mass is 16.3. The van der Waals surface area contributed by atoms with Gasteiger partial charge in [0.2, 0.25) is 0 Å². The van der Waals surface area contributed by atoms with Gasteiger partial charge in [0.05, 0.1) is 6.10 Å². The smallest absolute Gasteiger partial charge is 0.178 e. The molecule has 1 fully saturated rings. The van der Waals surface area contributed by atoms with Gasteiger partial charge in [-0.3, -0.25) is 4.79 Å². The number of hydrogen-bond donors (Lipinski definition) is 1. The molecule has 2 rings (SSSR count). The Hall–Kier alpha value is -0.890. The average molecular weight is 248 g/mol. The van der Waals surface area contributed by atoms with Gasteiger partial charge in [-0.2, -0.15) is 0 Å². The molecule has 1 N–H and O–H groups in total. The molecule has 0 heterocycles. The molecule has 0 amide bonds. The maximum atomic E-state index is 11.6. The second-order valence-corrected chi connectivity index (χ2v) is 6.25. The number of hydrogen-bond acceptors (Lipinski definition) is 2. The first-order valence-corrected chi connectivity index (χ1v) is 6.98. The third-order valence-electron chi connectivity index (χ3n) is 5.63. The van der Waals surface area contributed by atoms with Crippen LogP contribution in [0.4, 0.5) is 0 Å². The fourth-order valence-corrected chi connectivity index (χ4v) is 3.87. The lowest BCUT2D eigenvalue weighted by Gasteiger charge is -2.56. The van der Waals surface area contributed by atoms with Crippen molar-refractivity contribution in [2.75, 3.05) is 0 Å². The normalized spacial score (nSPS) is 41.3. The molecule has 0 saturated heterocycles. The molecule has 0 radical (unpaired) electrons. The van der Waals surface area contributed by atoms with Gasteiger partial charge in [0.25, 0.3) is 0 Å². The minimum Gasteiger partial charge on any atom is -0.393 e. The highest BCUT2D eigenvalue weighted by molar-refractivity contribution is 6.01. The van der Waals surface area contributed by atoms with Gasteiger partial charge in [-0.15, -0.1) is 0 Å². The molecule has 0 aromatic heterocycles. The maximum absolute atomic E-state index is 11.6. The predicted octanol–water partition coefficient (Wildman–Crippen LogP) is 3.27. The van der Waals surface area contributed by atoms with E-state index in [0.717, 1.165) is 19.3 Å². The van der Waals surface area contributed by atoms with Crippen LogP contribution in [0.1, 0.15) is 47.0 Å². The largest absolute Gasteiger partial charge is 0.393 e. The van der Waals surface area contributed by atoms with E-state index in [4.69, 9.17) is 0 Å². The van der Waals surface area contributed by atoms with Crippen molar-refractivity contribution in [1.82, 2.24) is 0 Å². The topological polar surface area (TPSA) is 37.3 Å². The molecule has 100 valence electrons. The van der Waals surface area contributed by atoms with E-state index in [2.05, 4.69) is 20.8 Å². The maximum Gasteiger partial charge on any atom is 0.178 e. The van der Waals surface area contributed by atoms with Crippen molar-refractivity contribution in [3.8, 4) is 0 Å². The summed E-state index contributed by atoms with van der Waals surface area (Å²) < 4.78 is 0. The summed E-state index contributed by atoms with van der Waals surface area (Å²) in [4.78, 5) is 11.6. The van der Waals surface area contributed by atoms with Gasteiger partial charge >= 0.3 is 0 Å². The monoisotopic (exact) mass is 248 g/mol. The van der Waals surface area contributed by atoms with Crippen molar-refractivity contribution in [2.24, 2.45) is 16.7 Å². The Kier molecular flexibility index (Phi) is 3.26. The van der Waals surface area contributed by atoms with E-state index in [9.17, 15) is 9.90 Å². The molecule has 4 unspecified atom stereocenters. The fourth-order valence-electron chi connectivity index (χ4n) is 3.87. The molecule has 0 aliphatic heterocycles. The van der Waals surface area contributed by atoms with Gasteiger partial charge in [0.15, 0.2) is 5.78 Å². The molecule has 0 spiro atoms. The van der Waals surface area contributed by atoms with Gasteiger partial charge < -0.3 is 5.11 Å². The molecule has 4 atom stereocenters. The molecule has 18 heavy (non-hydrogen) atoms. The molecule has 0 aromatic carbocycles. The summed E-state index contributed by atoms with van der Waals surface area (Å²) in [5.74, 6) is 0.540. The van der Waals surface area contributed by atoms with Crippen LogP contribution in [0.3, 0.4) is 0 Å². The first-order chi connectivity index (χ1) is 8.36. The van der Waals surface area contributed by atoms with Crippen molar-refractivity contribution in [3.05, 3.63) is 23.8 Å². The van der Waals surface area contributed by atoms with Gasteiger partial charge in [0, 0.05) is 10.8 Å². The van der Waals surface area contributed by atoms with Crippen molar-refractivity contribution in [2.45, 2.75) is 53.1 Å². The Morgan fingerprint density at radius 3 is 2.78 bits per heavy atom. The Bertz CT molecular complexity index is 415. The van der Waals surface area contributed by atoms with Crippen molar-refractivity contribution in [1.29, 1.82) is 0 Å². The van der Waals surface area contributed by atoms with Crippen LogP contribution < -0.4 is 0 Å². The molecule has 2 aliphatic carbocycles. The number of carbonyl (C=O) groups is 1. The Balaban J connectivity index is 2.53. The van der Waals surface area contributed by atoms with Gasteiger partial charge in [-0.25, -0.2) is 0 Å². The highest BCUT2D eigenvalue weighted by Gasteiger charge is 2.55. The predicted molar refractivity (Wildman–Crippen MR) is 73.1 cm³/mol. The Morgan fingerprint density at radius 2 is 2.17 bits per heavy atom. The van der Waals surface area contributed by atoms with Crippen LogP contribution in [0.25, 0.3) is 0 Å². The summed E-state index contributed by atoms with van der Waals surface area (Å²) in [7, 11) is 0. The molecular formula is C16H24O2. The van der Waals surface area contributed by atoms with Crippen molar-refractivity contribution >= 4 is 5.78 Å². The number of rotatable bonds is 2. The summed E-state index contributed by atoms with van der Waals surface area (Å²) in [5.41, 5.74) is 0.819. The van der Waals surface area contributed by atoms with E-state index in [-0.39, 0.29) is 22.7 Å². The summed E-state index contributed by atoms with van der Waals surface area (Å²) in [6, 6.07) is 0. The lowest BCUT2D eigenvalue weighted by atomic mass is 9.48. The number of aliphatic hydroxyl groups is 1. The van der Waals surface area contributed by atoms with Crippen LogP contribution in [0.2, 0.25) is 0 Å². The summed E-state index contributed by atoms with van der Waals surface area (Å²) in [6.07, 6.45) is 7.92. The molecule has 1 saturated carbocycles. The zero-order chi connectivity index (χ0) is 13.6. The summed E-state index contributed by atoms with van der Waals surface area (Å²) in [5, 5.41) is 10.5. The minimum atomic E-state index is -0.334. The second-order valence-electron chi connectivity index (χ2n) is 6.25. The van der Waals surface area contributed by atoms with E-state index >= 15 is 0 Å². The van der Waals surface area contributed by atoms with E-state index in [0.29, 0.717) is 5.92 Å². The second kappa shape index (κ2) is 4.34. The van der Waals surface area contributed by atoms with Crippen molar-refractivity contribution in [3.63, 3.8) is 0 Å². The van der Waals surface area contributed by atoms with Crippen LogP contribution >= 0.6 is 0 Å². The Labute approximate surface area is 110 Å². The SMILES string of the molecule is CCC(O)C1(C)C(C)CCC2=CC(=O)C=CC21C.